The maximum absolute atomic E-state index is 11.4. The summed E-state index contributed by atoms with van der Waals surface area (Å²) in [6.07, 6.45) is 9.67. The lowest BCUT2D eigenvalue weighted by atomic mass is 10.1. The van der Waals surface area contributed by atoms with Gasteiger partial charge in [0.25, 0.3) is 0 Å². The molecule has 0 spiro atoms. The molecule has 2 aliphatic carbocycles. The van der Waals surface area contributed by atoms with E-state index in [1.165, 1.54) is 25.7 Å². The summed E-state index contributed by atoms with van der Waals surface area (Å²) in [6.45, 7) is 0. The lowest BCUT2D eigenvalue weighted by molar-refractivity contribution is -0.151. The normalized spacial score (nSPS) is 25.2. The van der Waals surface area contributed by atoms with Gasteiger partial charge in [-0.3, -0.25) is 4.79 Å². The van der Waals surface area contributed by atoms with Crippen molar-refractivity contribution in [2.45, 2.75) is 57.5 Å². The van der Waals surface area contributed by atoms with E-state index in [0.717, 1.165) is 25.7 Å². The van der Waals surface area contributed by atoms with E-state index in [0.29, 0.717) is 0 Å². The van der Waals surface area contributed by atoms with Crippen LogP contribution in [-0.4, -0.2) is 12.1 Å². The molecule has 0 aromatic carbocycles. The molecule has 0 aromatic rings. The summed E-state index contributed by atoms with van der Waals surface area (Å²) in [4.78, 5) is 11.4. The van der Waals surface area contributed by atoms with Crippen molar-refractivity contribution in [1.29, 1.82) is 0 Å². The Hall–Kier alpha value is -0.530. The Bertz CT molecular complexity index is 177. The summed E-state index contributed by atoms with van der Waals surface area (Å²) in [5.41, 5.74) is 0. The van der Waals surface area contributed by atoms with Crippen LogP contribution in [0.1, 0.15) is 51.4 Å². The second-order valence-electron chi connectivity index (χ2n) is 4.32. The second-order valence-corrected chi connectivity index (χ2v) is 4.32. The molecule has 2 fully saturated rings. The van der Waals surface area contributed by atoms with Crippen LogP contribution in [0.15, 0.2) is 0 Å². The summed E-state index contributed by atoms with van der Waals surface area (Å²) in [5, 5.41) is 0. The summed E-state index contributed by atoms with van der Waals surface area (Å²) in [6, 6.07) is 0. The topological polar surface area (TPSA) is 26.3 Å². The molecule has 0 aliphatic heterocycles. The highest BCUT2D eigenvalue weighted by Gasteiger charge is 2.32. The van der Waals surface area contributed by atoms with E-state index in [-0.39, 0.29) is 18.0 Å². The van der Waals surface area contributed by atoms with Crippen LogP contribution in [0, 0.1) is 5.92 Å². The van der Waals surface area contributed by atoms with E-state index >= 15 is 0 Å². The van der Waals surface area contributed by atoms with Crippen molar-refractivity contribution in [1.82, 2.24) is 0 Å². The molecule has 13 heavy (non-hydrogen) atoms. The van der Waals surface area contributed by atoms with Crippen LogP contribution < -0.4 is 0 Å². The van der Waals surface area contributed by atoms with Crippen LogP contribution in [-0.2, 0) is 9.53 Å². The average molecular weight is 182 g/mol. The van der Waals surface area contributed by atoms with Crippen LogP contribution >= 0.6 is 0 Å². The minimum absolute atomic E-state index is 0.0758. The van der Waals surface area contributed by atoms with Crippen molar-refractivity contribution >= 4 is 5.97 Å². The fraction of sp³-hybridized carbons (Fsp3) is 0.909. The second kappa shape index (κ2) is 4.12. The smallest absolute Gasteiger partial charge is 0.309 e. The van der Waals surface area contributed by atoms with Crippen LogP contribution in [0.25, 0.3) is 0 Å². The number of hydrogen-bond donors (Lipinski definition) is 0. The molecule has 74 valence electrons. The van der Waals surface area contributed by atoms with Gasteiger partial charge in [-0.25, -0.2) is 0 Å². The highest BCUT2D eigenvalue weighted by atomic mass is 16.5. The van der Waals surface area contributed by atoms with Gasteiger partial charge in [0, 0.05) is 0 Å². The number of rotatable bonds is 2. The van der Waals surface area contributed by atoms with Crippen LogP contribution in [0.3, 0.4) is 0 Å². The Balaban J connectivity index is 1.74. The van der Waals surface area contributed by atoms with Gasteiger partial charge in [0.05, 0.1) is 5.92 Å². The Kier molecular flexibility index (Phi) is 2.87. The largest absolute Gasteiger partial charge is 0.462 e. The van der Waals surface area contributed by atoms with Crippen molar-refractivity contribution in [2.24, 2.45) is 5.92 Å². The summed E-state index contributed by atoms with van der Waals surface area (Å²) in [7, 11) is 0. The van der Waals surface area contributed by atoms with E-state index in [4.69, 9.17) is 4.74 Å². The first-order valence-corrected chi connectivity index (χ1v) is 5.57. The zero-order valence-corrected chi connectivity index (χ0v) is 8.13. The Morgan fingerprint density at radius 3 is 2.08 bits per heavy atom. The first-order valence-electron chi connectivity index (χ1n) is 5.57. The van der Waals surface area contributed by atoms with Gasteiger partial charge in [0.1, 0.15) is 6.10 Å². The van der Waals surface area contributed by atoms with E-state index in [1.54, 1.807) is 0 Å². The number of ether oxygens (including phenoxy) is 1. The zero-order chi connectivity index (χ0) is 9.10. The van der Waals surface area contributed by atoms with E-state index < -0.39 is 0 Å². The summed E-state index contributed by atoms with van der Waals surface area (Å²) >= 11 is 0. The number of carbonyl (C=O) groups excluding carboxylic acids is 1. The number of hydrogen-bond acceptors (Lipinski definition) is 2. The van der Waals surface area contributed by atoms with Crippen LogP contribution in [0.4, 0.5) is 0 Å². The Morgan fingerprint density at radius 2 is 1.54 bits per heavy atom. The molecule has 2 heteroatoms. The van der Waals surface area contributed by atoms with Gasteiger partial charge >= 0.3 is 5.97 Å². The average Bonchev–Trinajstić information content (AvgIpc) is 2.92. The highest BCUT2D eigenvalue weighted by molar-refractivity contribution is 5.75. The van der Waals surface area contributed by atoms with Crippen molar-refractivity contribution in [3.63, 3.8) is 0 Å². The van der Waals surface area contributed by atoms with Gasteiger partial charge in [0.2, 0.25) is 0 Å². The lowest BCUT2D eigenvalue weighted by Gasteiger charge is -2.14. The molecular formula is C11H18O2. The molecule has 0 amide bonds. The van der Waals surface area contributed by atoms with Crippen molar-refractivity contribution in [3.8, 4) is 0 Å². The molecular weight excluding hydrogens is 164 g/mol. The fourth-order valence-corrected chi connectivity index (χ4v) is 1.94. The van der Waals surface area contributed by atoms with Gasteiger partial charge in [-0.15, -0.1) is 0 Å². The predicted molar refractivity (Wildman–Crippen MR) is 50.3 cm³/mol. The van der Waals surface area contributed by atoms with E-state index in [1.807, 2.05) is 0 Å². The van der Waals surface area contributed by atoms with Crippen LogP contribution in [0.5, 0.6) is 0 Å². The third kappa shape index (κ3) is 2.71. The number of esters is 1. The lowest BCUT2D eigenvalue weighted by Crippen LogP contribution is -2.18. The third-order valence-corrected chi connectivity index (χ3v) is 3.00. The van der Waals surface area contributed by atoms with Gasteiger partial charge in [-0.1, -0.05) is 12.8 Å². The van der Waals surface area contributed by atoms with E-state index in [9.17, 15) is 4.79 Å². The molecule has 2 aliphatic rings. The molecule has 2 saturated carbocycles. The molecule has 2 rings (SSSR count). The first-order chi connectivity index (χ1) is 6.36. The monoisotopic (exact) mass is 182 g/mol. The maximum Gasteiger partial charge on any atom is 0.309 e. The molecule has 0 heterocycles. The minimum atomic E-state index is 0.0758. The standard InChI is InChI=1S/C11H18O2/c12-11(9-7-8-9)13-10-5-3-1-2-4-6-10/h9-10H,1-8H2. The van der Waals surface area contributed by atoms with Crippen LogP contribution in [0.2, 0.25) is 0 Å². The van der Waals surface area contributed by atoms with Gasteiger partial charge in [0.15, 0.2) is 0 Å². The van der Waals surface area contributed by atoms with Crippen molar-refractivity contribution in [3.05, 3.63) is 0 Å². The zero-order valence-electron chi connectivity index (χ0n) is 8.13. The molecule has 0 saturated heterocycles. The number of carbonyl (C=O) groups is 1. The summed E-state index contributed by atoms with van der Waals surface area (Å²) < 4.78 is 5.46. The van der Waals surface area contributed by atoms with Crippen molar-refractivity contribution < 1.29 is 9.53 Å². The molecule has 2 nitrogen and oxygen atoms in total. The first kappa shape index (κ1) is 9.04. The molecule has 0 radical (unpaired) electrons. The highest BCUT2D eigenvalue weighted by Crippen LogP contribution is 2.31. The SMILES string of the molecule is O=C(OC1CCCCCC1)C1CC1. The van der Waals surface area contributed by atoms with Gasteiger partial charge in [-0.2, -0.15) is 0 Å². The molecule has 0 bridgehead atoms. The third-order valence-electron chi connectivity index (χ3n) is 3.00. The van der Waals surface area contributed by atoms with Crippen molar-refractivity contribution in [2.75, 3.05) is 0 Å². The Morgan fingerprint density at radius 1 is 0.923 bits per heavy atom. The molecule has 0 N–H and O–H groups in total. The molecule has 0 unspecified atom stereocenters. The predicted octanol–water partition coefficient (Wildman–Crippen LogP) is 2.66. The fourth-order valence-electron chi connectivity index (χ4n) is 1.94. The Labute approximate surface area is 79.7 Å². The summed E-state index contributed by atoms with van der Waals surface area (Å²) in [5.74, 6) is 0.343. The van der Waals surface area contributed by atoms with E-state index in [2.05, 4.69) is 0 Å². The molecule has 0 aromatic heterocycles. The maximum atomic E-state index is 11.4. The molecule has 0 atom stereocenters. The van der Waals surface area contributed by atoms with Gasteiger partial charge < -0.3 is 4.74 Å². The quantitative estimate of drug-likeness (QED) is 0.485. The minimum Gasteiger partial charge on any atom is -0.462 e. The van der Waals surface area contributed by atoms with Gasteiger partial charge in [-0.05, 0) is 38.5 Å².